The average Bonchev–Trinajstić information content (AvgIpc) is 2.46. The number of carbonyl (C=O) groups is 1. The lowest BCUT2D eigenvalue weighted by molar-refractivity contribution is -0.384. The van der Waals surface area contributed by atoms with Gasteiger partial charge in [0.2, 0.25) is 0 Å². The fourth-order valence-corrected chi connectivity index (χ4v) is 3.17. The van der Waals surface area contributed by atoms with Crippen molar-refractivity contribution in [3.8, 4) is 0 Å². The molecule has 1 fully saturated rings. The van der Waals surface area contributed by atoms with Crippen LogP contribution in [0.2, 0.25) is 0 Å². The zero-order chi connectivity index (χ0) is 16.5. The predicted octanol–water partition coefficient (Wildman–Crippen LogP) is 3.66. The second-order valence-electron chi connectivity index (χ2n) is 7.20. The van der Waals surface area contributed by atoms with Gasteiger partial charge < -0.3 is 5.11 Å². The number of aliphatic hydroxyl groups excluding tert-OH is 1. The number of benzene rings is 1. The van der Waals surface area contributed by atoms with Crippen molar-refractivity contribution in [1.29, 1.82) is 0 Å². The first-order valence-corrected chi connectivity index (χ1v) is 7.65. The Kier molecular flexibility index (Phi) is 4.66. The van der Waals surface area contributed by atoms with Gasteiger partial charge in [-0.15, -0.1) is 0 Å². The summed E-state index contributed by atoms with van der Waals surface area (Å²) >= 11 is 0. The van der Waals surface area contributed by atoms with E-state index < -0.39 is 16.9 Å². The summed E-state index contributed by atoms with van der Waals surface area (Å²) in [6.07, 6.45) is 1.14. The SMILES string of the molecule is CC(C)(C)C1CCC(=O)[C@H]([C@@H](O)c2ccc([N+](=O)[O-])cc2)C1. The largest absolute Gasteiger partial charge is 0.388 e. The van der Waals surface area contributed by atoms with Crippen LogP contribution >= 0.6 is 0 Å². The van der Waals surface area contributed by atoms with Gasteiger partial charge in [0, 0.05) is 24.5 Å². The molecule has 1 aliphatic rings. The van der Waals surface area contributed by atoms with Crippen molar-refractivity contribution in [2.75, 3.05) is 0 Å². The zero-order valence-corrected chi connectivity index (χ0v) is 13.3. The Morgan fingerprint density at radius 2 is 1.86 bits per heavy atom. The van der Waals surface area contributed by atoms with Crippen molar-refractivity contribution in [1.82, 2.24) is 0 Å². The number of aliphatic hydroxyl groups is 1. The first kappa shape index (κ1) is 16.6. The highest BCUT2D eigenvalue weighted by molar-refractivity contribution is 5.82. The lowest BCUT2D eigenvalue weighted by Crippen LogP contribution is -2.35. The van der Waals surface area contributed by atoms with Crippen LogP contribution in [0.3, 0.4) is 0 Å². The van der Waals surface area contributed by atoms with E-state index in [-0.39, 0.29) is 16.9 Å². The number of nitro benzene ring substituents is 1. The summed E-state index contributed by atoms with van der Waals surface area (Å²) in [6.45, 7) is 6.47. The van der Waals surface area contributed by atoms with Gasteiger partial charge in [0.25, 0.3) is 5.69 Å². The van der Waals surface area contributed by atoms with Crippen LogP contribution in [0.1, 0.15) is 51.7 Å². The molecule has 1 N–H and O–H groups in total. The van der Waals surface area contributed by atoms with Gasteiger partial charge >= 0.3 is 0 Å². The first-order chi connectivity index (χ1) is 10.2. The molecule has 120 valence electrons. The van der Waals surface area contributed by atoms with Crippen molar-refractivity contribution in [3.63, 3.8) is 0 Å². The molecule has 0 bridgehead atoms. The molecule has 0 radical (unpaired) electrons. The van der Waals surface area contributed by atoms with Gasteiger partial charge in [-0.2, -0.15) is 0 Å². The normalized spacial score (nSPS) is 24.1. The van der Waals surface area contributed by atoms with Crippen molar-refractivity contribution < 1.29 is 14.8 Å². The first-order valence-electron chi connectivity index (χ1n) is 7.65. The molecule has 1 aromatic rings. The molecule has 1 saturated carbocycles. The summed E-state index contributed by atoms with van der Waals surface area (Å²) in [4.78, 5) is 22.4. The van der Waals surface area contributed by atoms with Crippen LogP contribution in [0.15, 0.2) is 24.3 Å². The van der Waals surface area contributed by atoms with Crippen LogP contribution in [-0.4, -0.2) is 15.8 Å². The molecule has 1 unspecified atom stereocenters. The van der Waals surface area contributed by atoms with E-state index in [1.165, 1.54) is 24.3 Å². The predicted molar refractivity (Wildman–Crippen MR) is 83.3 cm³/mol. The minimum atomic E-state index is -0.890. The van der Waals surface area contributed by atoms with Gasteiger partial charge in [-0.3, -0.25) is 14.9 Å². The van der Waals surface area contributed by atoms with Crippen molar-refractivity contribution in [2.24, 2.45) is 17.3 Å². The number of Topliss-reactive ketones (excluding diaryl/α,β-unsaturated/α-hetero) is 1. The fraction of sp³-hybridized carbons (Fsp3) is 0.588. The molecular formula is C17H23NO4. The minimum absolute atomic E-state index is 0.0153. The number of hydrogen-bond donors (Lipinski definition) is 1. The second-order valence-corrected chi connectivity index (χ2v) is 7.20. The van der Waals surface area contributed by atoms with Crippen LogP contribution in [0.25, 0.3) is 0 Å². The molecule has 1 aromatic carbocycles. The topological polar surface area (TPSA) is 80.4 Å². The maximum absolute atomic E-state index is 12.2. The maximum Gasteiger partial charge on any atom is 0.269 e. The quantitative estimate of drug-likeness (QED) is 0.682. The average molecular weight is 305 g/mol. The van der Waals surface area contributed by atoms with Gasteiger partial charge in [0.05, 0.1) is 11.0 Å². The molecule has 0 amide bonds. The summed E-state index contributed by atoms with van der Waals surface area (Å²) in [5.74, 6) is 0.0636. The molecule has 0 saturated heterocycles. The molecular weight excluding hydrogens is 282 g/mol. The fourth-order valence-electron chi connectivity index (χ4n) is 3.17. The summed E-state index contributed by atoms with van der Waals surface area (Å²) in [5, 5.41) is 21.2. The van der Waals surface area contributed by atoms with E-state index in [2.05, 4.69) is 20.8 Å². The molecule has 0 aliphatic heterocycles. The van der Waals surface area contributed by atoms with Gasteiger partial charge in [-0.1, -0.05) is 20.8 Å². The van der Waals surface area contributed by atoms with Gasteiger partial charge in [0.15, 0.2) is 0 Å². The summed E-state index contributed by atoms with van der Waals surface area (Å²) in [5.41, 5.74) is 0.658. The Hall–Kier alpha value is -1.75. The highest BCUT2D eigenvalue weighted by atomic mass is 16.6. The molecule has 5 heteroatoms. The van der Waals surface area contributed by atoms with Gasteiger partial charge in [-0.25, -0.2) is 0 Å². The van der Waals surface area contributed by atoms with Gasteiger partial charge in [0.1, 0.15) is 5.78 Å². The Morgan fingerprint density at radius 3 is 2.36 bits per heavy atom. The monoisotopic (exact) mass is 305 g/mol. The summed E-state index contributed by atoms with van der Waals surface area (Å²) < 4.78 is 0. The molecule has 0 aromatic heterocycles. The number of ketones is 1. The van der Waals surface area contributed by atoms with E-state index in [0.717, 1.165) is 6.42 Å². The van der Waals surface area contributed by atoms with Gasteiger partial charge in [-0.05, 0) is 41.9 Å². The standard InChI is InChI=1S/C17H23NO4/c1-17(2,3)12-6-9-15(19)14(10-12)16(20)11-4-7-13(8-5-11)18(21)22/h4-5,7-8,12,14,16,20H,6,9-10H2,1-3H3/t12?,14-,16+/m1/s1. The molecule has 5 nitrogen and oxygen atoms in total. The number of nitrogens with zero attached hydrogens (tertiary/aromatic N) is 1. The Bertz CT molecular complexity index is 559. The third-order valence-electron chi connectivity index (χ3n) is 4.74. The maximum atomic E-state index is 12.2. The Labute approximate surface area is 130 Å². The van der Waals surface area contributed by atoms with E-state index in [1.807, 2.05) is 0 Å². The van der Waals surface area contributed by atoms with Crippen LogP contribution in [0.5, 0.6) is 0 Å². The minimum Gasteiger partial charge on any atom is -0.388 e. The van der Waals surface area contributed by atoms with E-state index in [1.54, 1.807) is 0 Å². The second kappa shape index (κ2) is 6.16. The lowest BCUT2D eigenvalue weighted by Gasteiger charge is -2.38. The molecule has 22 heavy (non-hydrogen) atoms. The van der Waals surface area contributed by atoms with E-state index in [4.69, 9.17) is 0 Å². The summed E-state index contributed by atoms with van der Waals surface area (Å²) in [7, 11) is 0. The van der Waals surface area contributed by atoms with Crippen LogP contribution in [-0.2, 0) is 4.79 Å². The number of rotatable bonds is 3. The van der Waals surface area contributed by atoms with Crippen LogP contribution < -0.4 is 0 Å². The number of hydrogen-bond acceptors (Lipinski definition) is 4. The highest BCUT2D eigenvalue weighted by Gasteiger charge is 2.38. The number of non-ortho nitro benzene ring substituents is 1. The van der Waals surface area contributed by atoms with E-state index in [9.17, 15) is 20.0 Å². The summed E-state index contributed by atoms with van der Waals surface area (Å²) in [6, 6.07) is 5.81. The van der Waals surface area contributed by atoms with Crippen LogP contribution in [0.4, 0.5) is 5.69 Å². The van der Waals surface area contributed by atoms with Crippen LogP contribution in [0, 0.1) is 27.4 Å². The van der Waals surface area contributed by atoms with Crippen molar-refractivity contribution in [2.45, 2.75) is 46.1 Å². The molecule has 1 aliphatic carbocycles. The van der Waals surface area contributed by atoms with Crippen molar-refractivity contribution >= 4 is 11.5 Å². The Morgan fingerprint density at radius 1 is 1.27 bits per heavy atom. The third kappa shape index (κ3) is 3.53. The number of nitro groups is 1. The molecule has 0 spiro atoms. The highest BCUT2D eigenvalue weighted by Crippen LogP contribution is 2.42. The molecule has 3 atom stereocenters. The Balaban J connectivity index is 2.17. The van der Waals surface area contributed by atoms with E-state index >= 15 is 0 Å². The molecule has 2 rings (SSSR count). The smallest absolute Gasteiger partial charge is 0.269 e. The van der Waals surface area contributed by atoms with Crippen molar-refractivity contribution in [3.05, 3.63) is 39.9 Å². The number of carbonyl (C=O) groups excluding carboxylic acids is 1. The van der Waals surface area contributed by atoms with E-state index in [0.29, 0.717) is 24.3 Å². The zero-order valence-electron chi connectivity index (χ0n) is 13.3. The third-order valence-corrected chi connectivity index (χ3v) is 4.74. The lowest BCUT2D eigenvalue weighted by atomic mass is 9.67. The molecule has 0 heterocycles.